The molecule has 2 unspecified atom stereocenters. The van der Waals surface area contributed by atoms with Gasteiger partial charge in [0, 0.05) is 6.61 Å². The van der Waals surface area contributed by atoms with Crippen LogP contribution in [0.4, 0.5) is 4.39 Å². The lowest BCUT2D eigenvalue weighted by atomic mass is 9.83. The summed E-state index contributed by atoms with van der Waals surface area (Å²) in [5.41, 5.74) is 7.03. The van der Waals surface area contributed by atoms with E-state index in [1.165, 1.54) is 31.4 Å². The molecule has 18 heavy (non-hydrogen) atoms. The SMILES string of the molecule is CC(OCCC1CCC1)C(N)c1ccc(F)cc1. The van der Waals surface area contributed by atoms with Gasteiger partial charge in [0.25, 0.3) is 0 Å². The molecule has 2 atom stereocenters. The number of halogens is 1. The van der Waals surface area contributed by atoms with E-state index in [0.717, 1.165) is 24.5 Å². The Morgan fingerprint density at radius 2 is 2.00 bits per heavy atom. The van der Waals surface area contributed by atoms with Crippen molar-refractivity contribution in [3.8, 4) is 0 Å². The van der Waals surface area contributed by atoms with Crippen molar-refractivity contribution in [3.63, 3.8) is 0 Å². The van der Waals surface area contributed by atoms with Crippen molar-refractivity contribution in [1.82, 2.24) is 0 Å². The summed E-state index contributed by atoms with van der Waals surface area (Å²) in [6, 6.07) is 6.15. The van der Waals surface area contributed by atoms with Gasteiger partial charge in [0.05, 0.1) is 12.1 Å². The second-order valence-electron chi connectivity index (χ2n) is 5.24. The molecule has 1 aliphatic carbocycles. The number of benzene rings is 1. The molecule has 2 rings (SSSR count). The Bertz CT molecular complexity index is 361. The van der Waals surface area contributed by atoms with E-state index in [1.54, 1.807) is 12.1 Å². The van der Waals surface area contributed by atoms with E-state index in [9.17, 15) is 4.39 Å². The standard InChI is InChI=1S/C15H22FNO/c1-11(18-10-9-12-3-2-4-12)15(17)13-5-7-14(16)8-6-13/h5-8,11-12,15H,2-4,9-10,17H2,1H3. The van der Waals surface area contributed by atoms with Crippen molar-refractivity contribution in [1.29, 1.82) is 0 Å². The predicted octanol–water partition coefficient (Wildman–Crippen LogP) is 3.42. The summed E-state index contributed by atoms with van der Waals surface area (Å²) in [7, 11) is 0. The Morgan fingerprint density at radius 3 is 2.56 bits per heavy atom. The zero-order chi connectivity index (χ0) is 13.0. The molecule has 1 aromatic carbocycles. The fraction of sp³-hybridized carbons (Fsp3) is 0.600. The van der Waals surface area contributed by atoms with Gasteiger partial charge < -0.3 is 10.5 Å². The minimum absolute atomic E-state index is 0.0319. The molecule has 1 fully saturated rings. The summed E-state index contributed by atoms with van der Waals surface area (Å²) in [5.74, 6) is 0.628. The Labute approximate surface area is 108 Å². The number of hydrogen-bond acceptors (Lipinski definition) is 2. The van der Waals surface area contributed by atoms with Crippen molar-refractivity contribution in [2.75, 3.05) is 6.61 Å². The highest BCUT2D eigenvalue weighted by Gasteiger charge is 2.19. The van der Waals surface area contributed by atoms with Gasteiger partial charge in [-0.15, -0.1) is 0 Å². The molecule has 2 nitrogen and oxygen atoms in total. The lowest BCUT2D eigenvalue weighted by Gasteiger charge is -2.27. The highest BCUT2D eigenvalue weighted by Crippen LogP contribution is 2.29. The number of rotatable bonds is 6. The Morgan fingerprint density at radius 1 is 1.33 bits per heavy atom. The van der Waals surface area contributed by atoms with Crippen molar-refractivity contribution in [2.24, 2.45) is 11.7 Å². The van der Waals surface area contributed by atoms with E-state index in [4.69, 9.17) is 10.5 Å². The number of hydrogen-bond donors (Lipinski definition) is 1. The fourth-order valence-corrected chi connectivity index (χ4v) is 2.26. The van der Waals surface area contributed by atoms with Crippen LogP contribution in [0.25, 0.3) is 0 Å². The van der Waals surface area contributed by atoms with Crippen molar-refractivity contribution in [2.45, 2.75) is 44.8 Å². The monoisotopic (exact) mass is 251 g/mol. The first-order chi connectivity index (χ1) is 8.66. The van der Waals surface area contributed by atoms with Crippen LogP contribution in [0, 0.1) is 11.7 Å². The van der Waals surface area contributed by atoms with Crippen LogP contribution in [0.5, 0.6) is 0 Å². The van der Waals surface area contributed by atoms with Crippen LogP contribution in [-0.2, 0) is 4.74 Å². The fourth-order valence-electron chi connectivity index (χ4n) is 2.26. The molecular formula is C15H22FNO. The third-order valence-electron chi connectivity index (χ3n) is 3.89. The first-order valence-corrected chi connectivity index (χ1v) is 6.79. The smallest absolute Gasteiger partial charge is 0.123 e. The molecular weight excluding hydrogens is 229 g/mol. The van der Waals surface area contributed by atoms with Crippen molar-refractivity contribution >= 4 is 0 Å². The molecule has 0 saturated heterocycles. The Hall–Kier alpha value is -0.930. The minimum Gasteiger partial charge on any atom is -0.377 e. The molecule has 0 bridgehead atoms. The average Bonchev–Trinajstić information content (AvgIpc) is 2.32. The molecule has 0 heterocycles. The van der Waals surface area contributed by atoms with Gasteiger partial charge in [-0.25, -0.2) is 4.39 Å². The van der Waals surface area contributed by atoms with Crippen molar-refractivity contribution < 1.29 is 9.13 Å². The summed E-state index contributed by atoms with van der Waals surface area (Å²) < 4.78 is 18.6. The van der Waals surface area contributed by atoms with Gasteiger partial charge in [0.15, 0.2) is 0 Å². The third kappa shape index (κ3) is 3.53. The van der Waals surface area contributed by atoms with E-state index in [-0.39, 0.29) is 18.0 Å². The first-order valence-electron chi connectivity index (χ1n) is 6.79. The van der Waals surface area contributed by atoms with Crippen LogP contribution >= 0.6 is 0 Å². The second-order valence-corrected chi connectivity index (χ2v) is 5.24. The summed E-state index contributed by atoms with van der Waals surface area (Å²) in [6.07, 6.45) is 5.18. The zero-order valence-electron chi connectivity index (χ0n) is 10.9. The zero-order valence-corrected chi connectivity index (χ0v) is 10.9. The number of nitrogens with two attached hydrogens (primary N) is 1. The van der Waals surface area contributed by atoms with Crippen LogP contribution in [0.2, 0.25) is 0 Å². The predicted molar refractivity (Wildman–Crippen MR) is 70.7 cm³/mol. The van der Waals surface area contributed by atoms with Gasteiger partial charge in [-0.2, -0.15) is 0 Å². The highest BCUT2D eigenvalue weighted by atomic mass is 19.1. The normalized spacial score (nSPS) is 19.3. The Balaban J connectivity index is 1.76. The Kier molecular flexibility index (Phi) is 4.72. The molecule has 0 aromatic heterocycles. The molecule has 1 saturated carbocycles. The minimum atomic E-state index is -0.232. The maximum atomic E-state index is 12.8. The maximum absolute atomic E-state index is 12.8. The highest BCUT2D eigenvalue weighted by molar-refractivity contribution is 5.20. The molecule has 3 heteroatoms. The first kappa shape index (κ1) is 13.5. The number of ether oxygens (including phenoxy) is 1. The second kappa shape index (κ2) is 6.30. The van der Waals surface area contributed by atoms with Crippen molar-refractivity contribution in [3.05, 3.63) is 35.6 Å². The average molecular weight is 251 g/mol. The van der Waals surface area contributed by atoms with Crippen LogP contribution in [0.1, 0.15) is 44.2 Å². The molecule has 1 aromatic rings. The molecule has 0 spiro atoms. The largest absolute Gasteiger partial charge is 0.377 e. The van der Waals surface area contributed by atoms with Crippen LogP contribution < -0.4 is 5.73 Å². The maximum Gasteiger partial charge on any atom is 0.123 e. The van der Waals surface area contributed by atoms with E-state index in [0.29, 0.717) is 0 Å². The van der Waals surface area contributed by atoms with Gasteiger partial charge in [-0.05, 0) is 37.0 Å². The topological polar surface area (TPSA) is 35.2 Å². The quantitative estimate of drug-likeness (QED) is 0.840. The van der Waals surface area contributed by atoms with Gasteiger partial charge in [0.1, 0.15) is 5.82 Å². The summed E-state index contributed by atoms with van der Waals surface area (Å²) >= 11 is 0. The van der Waals surface area contributed by atoms with E-state index < -0.39 is 0 Å². The molecule has 0 aliphatic heterocycles. The molecule has 1 aliphatic rings. The summed E-state index contributed by atoms with van der Waals surface area (Å²) in [4.78, 5) is 0. The summed E-state index contributed by atoms with van der Waals surface area (Å²) in [5, 5.41) is 0. The van der Waals surface area contributed by atoms with Gasteiger partial charge >= 0.3 is 0 Å². The molecule has 0 radical (unpaired) electrons. The molecule has 2 N–H and O–H groups in total. The molecule has 100 valence electrons. The lowest BCUT2D eigenvalue weighted by Crippen LogP contribution is -2.27. The van der Waals surface area contributed by atoms with Gasteiger partial charge in [0.2, 0.25) is 0 Å². The van der Waals surface area contributed by atoms with Gasteiger partial charge in [-0.3, -0.25) is 0 Å². The third-order valence-corrected chi connectivity index (χ3v) is 3.89. The van der Waals surface area contributed by atoms with Gasteiger partial charge in [-0.1, -0.05) is 31.4 Å². The van der Waals surface area contributed by atoms with E-state index in [2.05, 4.69) is 0 Å². The van der Waals surface area contributed by atoms with Crippen LogP contribution in [0.3, 0.4) is 0 Å². The summed E-state index contributed by atoms with van der Waals surface area (Å²) in [6.45, 7) is 2.76. The van der Waals surface area contributed by atoms with Crippen LogP contribution in [0.15, 0.2) is 24.3 Å². The van der Waals surface area contributed by atoms with Crippen LogP contribution in [-0.4, -0.2) is 12.7 Å². The van der Waals surface area contributed by atoms with E-state index >= 15 is 0 Å². The lowest BCUT2D eigenvalue weighted by molar-refractivity contribution is 0.0335. The van der Waals surface area contributed by atoms with E-state index in [1.807, 2.05) is 6.92 Å². The molecule has 0 amide bonds.